The van der Waals surface area contributed by atoms with Crippen molar-refractivity contribution < 1.29 is 19.0 Å². The van der Waals surface area contributed by atoms with E-state index in [2.05, 4.69) is 10.5 Å². The van der Waals surface area contributed by atoms with E-state index in [0.717, 1.165) is 17.2 Å². The quantitative estimate of drug-likeness (QED) is 0.373. The van der Waals surface area contributed by atoms with Crippen molar-refractivity contribution in [3.63, 3.8) is 0 Å². The van der Waals surface area contributed by atoms with E-state index in [1.165, 1.54) is 13.3 Å². The predicted octanol–water partition coefficient (Wildman–Crippen LogP) is 5.45. The smallest absolute Gasteiger partial charge is 0.275 e. The third-order valence-corrected chi connectivity index (χ3v) is 5.12. The van der Waals surface area contributed by atoms with Gasteiger partial charge in [0.1, 0.15) is 5.75 Å². The lowest BCUT2D eigenvalue weighted by molar-refractivity contribution is 0.0952. The Labute approximate surface area is 186 Å². The van der Waals surface area contributed by atoms with Crippen molar-refractivity contribution in [1.29, 1.82) is 0 Å². The van der Waals surface area contributed by atoms with Gasteiger partial charge in [-0.1, -0.05) is 42.8 Å². The minimum atomic E-state index is -0.381. The van der Waals surface area contributed by atoms with Gasteiger partial charge in [0, 0.05) is 0 Å². The fraction of sp³-hybridized carbons (Fsp3) is 0.250. The molecule has 3 rings (SSSR count). The Morgan fingerprint density at radius 1 is 1.10 bits per heavy atom. The second-order valence-corrected chi connectivity index (χ2v) is 7.38. The molecule has 0 fully saturated rings. The van der Waals surface area contributed by atoms with E-state index < -0.39 is 0 Å². The lowest BCUT2D eigenvalue weighted by Gasteiger charge is -2.17. The van der Waals surface area contributed by atoms with Gasteiger partial charge in [-0.2, -0.15) is 5.10 Å². The van der Waals surface area contributed by atoms with Crippen LogP contribution in [0.15, 0.2) is 53.6 Å². The first kappa shape index (κ1) is 22.4. The first-order valence-corrected chi connectivity index (χ1v) is 10.3. The zero-order valence-electron chi connectivity index (χ0n) is 17.9. The van der Waals surface area contributed by atoms with Crippen LogP contribution in [-0.2, 0) is 0 Å². The summed E-state index contributed by atoms with van der Waals surface area (Å²) in [5.74, 6) is 1.08. The molecule has 1 atom stereocenters. The molecule has 1 amide bonds. The first-order valence-electron chi connectivity index (χ1n) is 9.91. The van der Waals surface area contributed by atoms with Crippen LogP contribution in [0.5, 0.6) is 17.2 Å². The maximum atomic E-state index is 12.7. The molecule has 3 aromatic carbocycles. The monoisotopic (exact) mass is 440 g/mol. The molecule has 0 aliphatic heterocycles. The van der Waals surface area contributed by atoms with Gasteiger partial charge in [0.2, 0.25) is 0 Å². The Bertz CT molecular complexity index is 1110. The van der Waals surface area contributed by atoms with Crippen LogP contribution in [0.1, 0.15) is 36.2 Å². The summed E-state index contributed by atoms with van der Waals surface area (Å²) in [4.78, 5) is 12.7. The summed E-state index contributed by atoms with van der Waals surface area (Å²) < 4.78 is 16.6. The van der Waals surface area contributed by atoms with Crippen molar-refractivity contribution >= 4 is 34.5 Å². The standard InChI is InChI=1S/C24H25ClN2O4/c1-5-15(2)31-23-20(25)10-16(11-22(23)30-4)14-26-27-24(28)19-12-17-8-6-7-9-18(17)13-21(19)29-3/h6-15H,5H2,1-4H3,(H,27,28). The normalized spacial score (nSPS) is 12.0. The Morgan fingerprint density at radius 3 is 2.42 bits per heavy atom. The van der Waals surface area contributed by atoms with E-state index in [1.807, 2.05) is 44.2 Å². The molecule has 0 bridgehead atoms. The molecular weight excluding hydrogens is 416 g/mol. The van der Waals surface area contributed by atoms with Crippen LogP contribution < -0.4 is 19.6 Å². The van der Waals surface area contributed by atoms with Crippen molar-refractivity contribution in [2.75, 3.05) is 14.2 Å². The van der Waals surface area contributed by atoms with E-state index >= 15 is 0 Å². The molecule has 0 aliphatic carbocycles. The highest BCUT2D eigenvalue weighted by molar-refractivity contribution is 6.32. The van der Waals surface area contributed by atoms with Crippen molar-refractivity contribution in [1.82, 2.24) is 5.43 Å². The summed E-state index contributed by atoms with van der Waals surface area (Å²) in [5.41, 5.74) is 3.59. The third kappa shape index (κ3) is 5.27. The number of halogens is 1. The zero-order chi connectivity index (χ0) is 22.4. The van der Waals surface area contributed by atoms with Crippen LogP contribution in [0.2, 0.25) is 5.02 Å². The molecule has 0 radical (unpaired) electrons. The van der Waals surface area contributed by atoms with Crippen molar-refractivity contribution in [2.24, 2.45) is 5.10 Å². The minimum absolute atomic E-state index is 0.00198. The SMILES string of the molecule is CCC(C)Oc1c(Cl)cc(C=NNC(=O)c2cc3ccccc3cc2OC)cc1OC. The number of carbonyl (C=O) groups is 1. The fourth-order valence-corrected chi connectivity index (χ4v) is 3.27. The highest BCUT2D eigenvalue weighted by Crippen LogP contribution is 2.37. The molecule has 162 valence electrons. The van der Waals surface area contributed by atoms with Crippen LogP contribution in [0.3, 0.4) is 0 Å². The van der Waals surface area contributed by atoms with Gasteiger partial charge in [-0.05, 0) is 53.9 Å². The highest BCUT2D eigenvalue weighted by Gasteiger charge is 2.15. The summed E-state index contributed by atoms with van der Waals surface area (Å²) in [6.45, 7) is 3.99. The molecule has 7 heteroatoms. The van der Waals surface area contributed by atoms with Crippen LogP contribution in [0.25, 0.3) is 10.8 Å². The lowest BCUT2D eigenvalue weighted by Crippen LogP contribution is -2.18. The molecule has 6 nitrogen and oxygen atoms in total. The number of amides is 1. The number of nitrogens with zero attached hydrogens (tertiary/aromatic N) is 1. The number of hydrogen-bond acceptors (Lipinski definition) is 5. The van der Waals surface area contributed by atoms with Gasteiger partial charge in [-0.15, -0.1) is 0 Å². The van der Waals surface area contributed by atoms with Crippen LogP contribution in [0, 0.1) is 0 Å². The molecule has 0 aromatic heterocycles. The number of ether oxygens (including phenoxy) is 3. The number of carbonyl (C=O) groups excluding carboxylic acids is 1. The Balaban J connectivity index is 1.79. The van der Waals surface area contributed by atoms with Gasteiger partial charge in [0.05, 0.1) is 37.1 Å². The second kappa shape index (κ2) is 10.2. The van der Waals surface area contributed by atoms with Gasteiger partial charge >= 0.3 is 0 Å². The van der Waals surface area contributed by atoms with Crippen LogP contribution >= 0.6 is 11.6 Å². The van der Waals surface area contributed by atoms with E-state index in [4.69, 9.17) is 25.8 Å². The molecule has 0 heterocycles. The molecular formula is C24H25ClN2O4. The fourth-order valence-electron chi connectivity index (χ4n) is 3.00. The Morgan fingerprint density at radius 2 is 1.77 bits per heavy atom. The number of methoxy groups -OCH3 is 2. The Hall–Kier alpha value is -3.25. The Kier molecular flexibility index (Phi) is 7.36. The lowest BCUT2D eigenvalue weighted by atomic mass is 10.1. The van der Waals surface area contributed by atoms with Crippen LogP contribution in [-0.4, -0.2) is 32.4 Å². The molecule has 0 spiro atoms. The maximum Gasteiger partial charge on any atom is 0.275 e. The second-order valence-electron chi connectivity index (χ2n) is 6.97. The van der Waals surface area contributed by atoms with E-state index in [1.54, 1.807) is 25.3 Å². The molecule has 1 unspecified atom stereocenters. The van der Waals surface area contributed by atoms with Crippen molar-refractivity contribution in [3.05, 3.63) is 64.7 Å². The van der Waals surface area contributed by atoms with Gasteiger partial charge in [-0.3, -0.25) is 4.79 Å². The van der Waals surface area contributed by atoms with Crippen molar-refractivity contribution in [3.8, 4) is 17.2 Å². The largest absolute Gasteiger partial charge is 0.496 e. The molecule has 0 saturated carbocycles. The number of fused-ring (bicyclic) bond motifs is 1. The van der Waals surface area contributed by atoms with Crippen molar-refractivity contribution in [2.45, 2.75) is 26.4 Å². The van der Waals surface area contributed by atoms with E-state index in [0.29, 0.717) is 33.4 Å². The summed E-state index contributed by atoms with van der Waals surface area (Å²) in [7, 11) is 3.07. The predicted molar refractivity (Wildman–Crippen MR) is 124 cm³/mol. The highest BCUT2D eigenvalue weighted by atomic mass is 35.5. The van der Waals surface area contributed by atoms with Gasteiger partial charge < -0.3 is 14.2 Å². The van der Waals surface area contributed by atoms with E-state index in [9.17, 15) is 4.79 Å². The number of benzene rings is 3. The molecule has 31 heavy (non-hydrogen) atoms. The topological polar surface area (TPSA) is 69.2 Å². The van der Waals surface area contributed by atoms with Gasteiger partial charge in [0.25, 0.3) is 5.91 Å². The molecule has 3 aromatic rings. The van der Waals surface area contributed by atoms with Gasteiger partial charge in [-0.25, -0.2) is 5.43 Å². The summed E-state index contributed by atoms with van der Waals surface area (Å²) >= 11 is 6.38. The average Bonchev–Trinajstić information content (AvgIpc) is 2.79. The average molecular weight is 441 g/mol. The zero-order valence-corrected chi connectivity index (χ0v) is 18.7. The summed E-state index contributed by atoms with van der Waals surface area (Å²) in [6.07, 6.45) is 2.34. The minimum Gasteiger partial charge on any atom is -0.496 e. The van der Waals surface area contributed by atoms with E-state index in [-0.39, 0.29) is 12.0 Å². The maximum absolute atomic E-state index is 12.7. The van der Waals surface area contributed by atoms with Gasteiger partial charge in [0.15, 0.2) is 11.5 Å². The summed E-state index contributed by atoms with van der Waals surface area (Å²) in [5, 5.41) is 6.39. The third-order valence-electron chi connectivity index (χ3n) is 4.84. The number of rotatable bonds is 8. The number of hydrogen-bond donors (Lipinski definition) is 1. The molecule has 0 saturated heterocycles. The number of hydrazone groups is 1. The molecule has 1 N–H and O–H groups in total. The van der Waals surface area contributed by atoms with Crippen LogP contribution in [0.4, 0.5) is 0 Å². The number of nitrogens with one attached hydrogen (secondary N) is 1. The summed E-state index contributed by atoms with van der Waals surface area (Å²) in [6, 6.07) is 14.8. The first-order chi connectivity index (χ1) is 15.0. The molecule has 0 aliphatic rings.